The third kappa shape index (κ3) is 3.53. The number of nitriles is 1. The van der Waals surface area contributed by atoms with Gasteiger partial charge in [-0.15, -0.1) is 0 Å². The van der Waals surface area contributed by atoms with Crippen molar-refractivity contribution in [3.05, 3.63) is 29.8 Å². The SMILES string of the molecule is N#Cc1ccccc1S(=O)(=O)NCCC1CCNC1. The van der Waals surface area contributed by atoms with Gasteiger partial charge in [-0.25, -0.2) is 13.1 Å². The Hall–Kier alpha value is -1.42. The highest BCUT2D eigenvalue weighted by molar-refractivity contribution is 7.89. The van der Waals surface area contributed by atoms with E-state index in [1.165, 1.54) is 12.1 Å². The van der Waals surface area contributed by atoms with Crippen molar-refractivity contribution in [2.75, 3.05) is 19.6 Å². The summed E-state index contributed by atoms with van der Waals surface area (Å²) in [6.07, 6.45) is 1.91. The third-order valence-electron chi connectivity index (χ3n) is 3.30. The Labute approximate surface area is 113 Å². The molecule has 1 heterocycles. The highest BCUT2D eigenvalue weighted by atomic mass is 32.2. The fraction of sp³-hybridized carbons (Fsp3) is 0.462. The predicted molar refractivity (Wildman–Crippen MR) is 71.9 cm³/mol. The van der Waals surface area contributed by atoms with Crippen molar-refractivity contribution in [1.29, 1.82) is 5.26 Å². The second-order valence-corrected chi connectivity index (χ2v) is 6.39. The van der Waals surface area contributed by atoms with Crippen LogP contribution in [0.15, 0.2) is 29.2 Å². The van der Waals surface area contributed by atoms with Crippen molar-refractivity contribution >= 4 is 10.0 Å². The second kappa shape index (κ2) is 6.15. The Kier molecular flexibility index (Phi) is 4.53. The minimum Gasteiger partial charge on any atom is -0.316 e. The predicted octanol–water partition coefficient (Wildman–Crippen LogP) is 0.836. The van der Waals surface area contributed by atoms with E-state index in [1.807, 2.05) is 6.07 Å². The molecule has 1 aliphatic heterocycles. The Morgan fingerprint density at radius 2 is 2.21 bits per heavy atom. The van der Waals surface area contributed by atoms with Crippen molar-refractivity contribution < 1.29 is 8.42 Å². The van der Waals surface area contributed by atoms with Gasteiger partial charge in [0, 0.05) is 6.54 Å². The quantitative estimate of drug-likeness (QED) is 0.836. The fourth-order valence-electron chi connectivity index (χ4n) is 2.23. The zero-order valence-corrected chi connectivity index (χ0v) is 11.4. The van der Waals surface area contributed by atoms with Crippen LogP contribution in [0.4, 0.5) is 0 Å². The zero-order chi connectivity index (χ0) is 13.7. The summed E-state index contributed by atoms with van der Waals surface area (Å²) in [6.45, 7) is 2.37. The van der Waals surface area contributed by atoms with Gasteiger partial charge in [0.2, 0.25) is 10.0 Å². The number of rotatable bonds is 5. The van der Waals surface area contributed by atoms with Crippen LogP contribution >= 0.6 is 0 Å². The number of hydrogen-bond donors (Lipinski definition) is 2. The van der Waals surface area contributed by atoms with Crippen molar-refractivity contribution in [2.24, 2.45) is 5.92 Å². The molecule has 1 aromatic carbocycles. The third-order valence-corrected chi connectivity index (χ3v) is 4.82. The molecule has 2 N–H and O–H groups in total. The molecule has 0 spiro atoms. The molecule has 1 fully saturated rings. The van der Waals surface area contributed by atoms with Crippen molar-refractivity contribution in [3.63, 3.8) is 0 Å². The Balaban J connectivity index is 1.99. The monoisotopic (exact) mass is 279 g/mol. The highest BCUT2D eigenvalue weighted by Gasteiger charge is 2.19. The van der Waals surface area contributed by atoms with E-state index in [0.717, 1.165) is 25.9 Å². The minimum absolute atomic E-state index is 0.0575. The molecule has 102 valence electrons. The summed E-state index contributed by atoms with van der Waals surface area (Å²) in [5, 5.41) is 12.2. The first-order chi connectivity index (χ1) is 9.13. The van der Waals surface area contributed by atoms with Gasteiger partial charge < -0.3 is 5.32 Å². The van der Waals surface area contributed by atoms with Crippen LogP contribution in [0.25, 0.3) is 0 Å². The van der Waals surface area contributed by atoms with Gasteiger partial charge in [-0.05, 0) is 44.0 Å². The van der Waals surface area contributed by atoms with E-state index in [4.69, 9.17) is 5.26 Å². The lowest BCUT2D eigenvalue weighted by Crippen LogP contribution is -2.27. The molecule has 1 aliphatic rings. The summed E-state index contributed by atoms with van der Waals surface area (Å²) in [4.78, 5) is 0.0575. The van der Waals surface area contributed by atoms with Gasteiger partial charge in [-0.3, -0.25) is 0 Å². The number of nitrogens with zero attached hydrogens (tertiary/aromatic N) is 1. The van der Waals surface area contributed by atoms with Gasteiger partial charge in [-0.1, -0.05) is 12.1 Å². The molecule has 1 unspecified atom stereocenters. The van der Waals surface area contributed by atoms with Crippen molar-refractivity contribution in [2.45, 2.75) is 17.7 Å². The summed E-state index contributed by atoms with van der Waals surface area (Å²) < 4.78 is 26.8. The molecular weight excluding hydrogens is 262 g/mol. The molecule has 0 aromatic heterocycles. The van der Waals surface area contributed by atoms with E-state index in [1.54, 1.807) is 12.1 Å². The highest BCUT2D eigenvalue weighted by Crippen LogP contribution is 2.15. The summed E-state index contributed by atoms with van der Waals surface area (Å²) >= 11 is 0. The Morgan fingerprint density at radius 1 is 1.42 bits per heavy atom. The number of nitrogens with one attached hydrogen (secondary N) is 2. The van der Waals surface area contributed by atoms with Gasteiger partial charge in [-0.2, -0.15) is 5.26 Å². The van der Waals surface area contributed by atoms with Crippen LogP contribution < -0.4 is 10.0 Å². The summed E-state index contributed by atoms with van der Waals surface area (Å²) in [7, 11) is -3.59. The molecule has 0 bridgehead atoms. The smallest absolute Gasteiger partial charge is 0.241 e. The van der Waals surface area contributed by atoms with Crippen LogP contribution in [0.1, 0.15) is 18.4 Å². The topological polar surface area (TPSA) is 82.0 Å². The molecule has 0 radical (unpaired) electrons. The zero-order valence-electron chi connectivity index (χ0n) is 10.6. The fourth-order valence-corrected chi connectivity index (χ4v) is 3.43. The van der Waals surface area contributed by atoms with Gasteiger partial charge in [0.25, 0.3) is 0 Å². The first-order valence-electron chi connectivity index (χ1n) is 6.33. The first-order valence-corrected chi connectivity index (χ1v) is 7.81. The summed E-state index contributed by atoms with van der Waals surface area (Å²) in [5.74, 6) is 0.536. The normalized spacial score (nSPS) is 19.2. The maximum absolute atomic E-state index is 12.1. The van der Waals surface area contributed by atoms with Gasteiger partial charge in [0.15, 0.2) is 0 Å². The Morgan fingerprint density at radius 3 is 2.89 bits per heavy atom. The molecular formula is C13H17N3O2S. The van der Waals surface area contributed by atoms with E-state index in [-0.39, 0.29) is 10.5 Å². The number of benzene rings is 1. The number of sulfonamides is 1. The maximum Gasteiger partial charge on any atom is 0.241 e. The van der Waals surface area contributed by atoms with Crippen LogP contribution in [0.3, 0.4) is 0 Å². The van der Waals surface area contributed by atoms with E-state index in [0.29, 0.717) is 12.5 Å². The molecule has 0 amide bonds. The molecule has 6 heteroatoms. The van der Waals surface area contributed by atoms with E-state index < -0.39 is 10.0 Å². The molecule has 0 saturated carbocycles. The average Bonchev–Trinajstić information content (AvgIpc) is 2.91. The van der Waals surface area contributed by atoms with Crippen molar-refractivity contribution in [3.8, 4) is 6.07 Å². The molecule has 1 saturated heterocycles. The lowest BCUT2D eigenvalue weighted by molar-refractivity contribution is 0.519. The lowest BCUT2D eigenvalue weighted by atomic mass is 10.1. The van der Waals surface area contributed by atoms with E-state index >= 15 is 0 Å². The van der Waals surface area contributed by atoms with Gasteiger partial charge >= 0.3 is 0 Å². The molecule has 1 atom stereocenters. The van der Waals surface area contributed by atoms with Crippen LogP contribution in [0.2, 0.25) is 0 Å². The van der Waals surface area contributed by atoms with Gasteiger partial charge in [0.1, 0.15) is 6.07 Å². The van der Waals surface area contributed by atoms with Crippen LogP contribution in [-0.2, 0) is 10.0 Å². The van der Waals surface area contributed by atoms with Crippen LogP contribution in [0.5, 0.6) is 0 Å². The van der Waals surface area contributed by atoms with E-state index in [2.05, 4.69) is 10.0 Å². The largest absolute Gasteiger partial charge is 0.316 e. The molecule has 2 rings (SSSR count). The molecule has 1 aromatic rings. The minimum atomic E-state index is -3.59. The van der Waals surface area contributed by atoms with Crippen LogP contribution in [0, 0.1) is 17.2 Å². The summed E-state index contributed by atoms with van der Waals surface area (Å²) in [6, 6.07) is 8.15. The average molecular weight is 279 g/mol. The standard InChI is InChI=1S/C13H17N3O2S/c14-9-12-3-1-2-4-13(12)19(17,18)16-8-6-11-5-7-15-10-11/h1-4,11,15-16H,5-8,10H2. The Bertz CT molecular complexity index is 572. The van der Waals surface area contributed by atoms with E-state index in [9.17, 15) is 8.42 Å². The van der Waals surface area contributed by atoms with Gasteiger partial charge in [0.05, 0.1) is 10.5 Å². The lowest BCUT2D eigenvalue weighted by Gasteiger charge is -2.10. The van der Waals surface area contributed by atoms with Crippen LogP contribution in [-0.4, -0.2) is 28.1 Å². The van der Waals surface area contributed by atoms with Crippen molar-refractivity contribution in [1.82, 2.24) is 10.0 Å². The first kappa shape index (κ1) is 14.0. The number of hydrogen-bond acceptors (Lipinski definition) is 4. The maximum atomic E-state index is 12.1. The molecule has 5 nitrogen and oxygen atoms in total. The second-order valence-electron chi connectivity index (χ2n) is 4.65. The summed E-state index contributed by atoms with van der Waals surface area (Å²) in [5.41, 5.74) is 0.178. The molecule has 19 heavy (non-hydrogen) atoms. The molecule has 0 aliphatic carbocycles.